The van der Waals surface area contributed by atoms with Crippen molar-refractivity contribution < 1.29 is 0 Å². The van der Waals surface area contributed by atoms with Crippen molar-refractivity contribution in [2.75, 3.05) is 26.2 Å². The van der Waals surface area contributed by atoms with Gasteiger partial charge in [0.25, 0.3) is 0 Å². The highest BCUT2D eigenvalue weighted by Crippen LogP contribution is 2.25. The van der Waals surface area contributed by atoms with Crippen LogP contribution in [0.3, 0.4) is 0 Å². The normalized spacial score (nSPS) is 32.0. The molecule has 0 aromatic carbocycles. The maximum Gasteiger partial charge on any atom is 0.0197 e. The predicted octanol–water partition coefficient (Wildman–Crippen LogP) is 3.13. The molecular formula is C16H32N2. The van der Waals surface area contributed by atoms with Crippen LogP contribution < -0.4 is 5.32 Å². The van der Waals surface area contributed by atoms with Gasteiger partial charge in [0.2, 0.25) is 0 Å². The van der Waals surface area contributed by atoms with Crippen LogP contribution in [0.1, 0.15) is 52.9 Å². The van der Waals surface area contributed by atoms with Gasteiger partial charge < -0.3 is 10.2 Å². The summed E-state index contributed by atoms with van der Waals surface area (Å²) in [7, 11) is 0. The molecular weight excluding hydrogens is 220 g/mol. The lowest BCUT2D eigenvalue weighted by molar-refractivity contribution is 0.132. The number of nitrogens with one attached hydrogen (secondary N) is 1. The zero-order chi connectivity index (χ0) is 13.0. The van der Waals surface area contributed by atoms with Gasteiger partial charge in [-0.2, -0.15) is 0 Å². The Balaban J connectivity index is 1.71. The van der Waals surface area contributed by atoms with Crippen LogP contribution >= 0.6 is 0 Å². The summed E-state index contributed by atoms with van der Waals surface area (Å²) in [5.74, 6) is 2.83. The third-order valence-corrected chi connectivity index (χ3v) is 5.23. The van der Waals surface area contributed by atoms with Gasteiger partial charge in [0.15, 0.2) is 0 Å². The zero-order valence-corrected chi connectivity index (χ0v) is 12.6. The van der Waals surface area contributed by atoms with Gasteiger partial charge in [0.05, 0.1) is 0 Å². The van der Waals surface area contributed by atoms with Crippen molar-refractivity contribution in [3.05, 3.63) is 0 Å². The van der Waals surface area contributed by atoms with E-state index in [0.29, 0.717) is 0 Å². The molecule has 2 heterocycles. The topological polar surface area (TPSA) is 15.3 Å². The lowest BCUT2D eigenvalue weighted by Gasteiger charge is -2.38. The summed E-state index contributed by atoms with van der Waals surface area (Å²) in [5.41, 5.74) is 0. The molecule has 0 amide bonds. The van der Waals surface area contributed by atoms with Crippen LogP contribution in [0, 0.1) is 17.8 Å². The van der Waals surface area contributed by atoms with E-state index in [4.69, 9.17) is 0 Å². The molecule has 0 aromatic rings. The molecule has 0 radical (unpaired) electrons. The summed E-state index contributed by atoms with van der Waals surface area (Å²) < 4.78 is 0. The van der Waals surface area contributed by atoms with Crippen molar-refractivity contribution in [2.45, 2.75) is 58.9 Å². The molecule has 2 atom stereocenters. The van der Waals surface area contributed by atoms with Gasteiger partial charge in [-0.25, -0.2) is 0 Å². The highest BCUT2D eigenvalue weighted by Gasteiger charge is 2.25. The minimum Gasteiger partial charge on any atom is -0.313 e. The molecule has 2 fully saturated rings. The van der Waals surface area contributed by atoms with Crippen LogP contribution in [0.4, 0.5) is 0 Å². The maximum absolute atomic E-state index is 3.72. The molecule has 2 aliphatic heterocycles. The second-order valence-electron chi connectivity index (χ2n) is 6.83. The Morgan fingerprint density at radius 3 is 2.50 bits per heavy atom. The van der Waals surface area contributed by atoms with Crippen LogP contribution in [-0.4, -0.2) is 37.1 Å². The van der Waals surface area contributed by atoms with Crippen molar-refractivity contribution in [1.29, 1.82) is 0 Å². The van der Waals surface area contributed by atoms with Crippen molar-refractivity contribution in [3.63, 3.8) is 0 Å². The van der Waals surface area contributed by atoms with Crippen LogP contribution in [0.5, 0.6) is 0 Å². The molecule has 0 spiro atoms. The number of rotatable bonds is 4. The number of likely N-dealkylation sites (tertiary alicyclic amines) is 1. The smallest absolute Gasteiger partial charge is 0.0197 e. The van der Waals surface area contributed by atoms with Gasteiger partial charge in [0, 0.05) is 12.6 Å². The van der Waals surface area contributed by atoms with E-state index in [-0.39, 0.29) is 0 Å². The monoisotopic (exact) mass is 252 g/mol. The minimum absolute atomic E-state index is 0.763. The first-order valence-electron chi connectivity index (χ1n) is 8.14. The standard InChI is InChI=1S/C16H32N2/c1-4-14-5-8-17-16(11-14)12-18-9-6-15(7-10-18)13(2)3/h13-17H,4-12H2,1-3H3. The van der Waals surface area contributed by atoms with E-state index in [1.165, 1.54) is 58.3 Å². The summed E-state index contributed by atoms with van der Waals surface area (Å²) in [4.78, 5) is 2.70. The number of hydrogen-bond acceptors (Lipinski definition) is 2. The second kappa shape index (κ2) is 6.91. The Labute approximate surface area is 114 Å². The molecule has 0 saturated carbocycles. The lowest BCUT2D eigenvalue weighted by Crippen LogP contribution is -2.48. The third-order valence-electron chi connectivity index (χ3n) is 5.23. The Hall–Kier alpha value is -0.0800. The Bertz CT molecular complexity index is 231. The fourth-order valence-corrected chi connectivity index (χ4v) is 3.72. The van der Waals surface area contributed by atoms with Crippen LogP contribution in [0.25, 0.3) is 0 Å². The summed E-state index contributed by atoms with van der Waals surface area (Å²) >= 11 is 0. The van der Waals surface area contributed by atoms with E-state index in [1.54, 1.807) is 0 Å². The molecule has 2 heteroatoms. The van der Waals surface area contributed by atoms with E-state index < -0.39 is 0 Å². The molecule has 1 N–H and O–H groups in total. The molecule has 18 heavy (non-hydrogen) atoms. The summed E-state index contributed by atoms with van der Waals surface area (Å²) in [6.45, 7) is 12.3. The van der Waals surface area contributed by atoms with E-state index >= 15 is 0 Å². The van der Waals surface area contributed by atoms with Crippen molar-refractivity contribution in [3.8, 4) is 0 Å². The Kier molecular flexibility index (Phi) is 5.50. The SMILES string of the molecule is CCC1CCNC(CN2CCC(C(C)C)CC2)C1. The van der Waals surface area contributed by atoms with E-state index in [2.05, 4.69) is 31.0 Å². The maximum atomic E-state index is 3.72. The minimum atomic E-state index is 0.763. The average molecular weight is 252 g/mol. The molecule has 2 nitrogen and oxygen atoms in total. The molecule has 0 bridgehead atoms. The zero-order valence-electron chi connectivity index (χ0n) is 12.6. The first-order valence-corrected chi connectivity index (χ1v) is 8.14. The van der Waals surface area contributed by atoms with Crippen molar-refractivity contribution in [1.82, 2.24) is 10.2 Å². The van der Waals surface area contributed by atoms with Gasteiger partial charge in [-0.1, -0.05) is 27.2 Å². The Morgan fingerprint density at radius 2 is 1.89 bits per heavy atom. The molecule has 2 saturated heterocycles. The average Bonchev–Trinajstić information content (AvgIpc) is 2.39. The summed E-state index contributed by atoms with van der Waals surface area (Å²) in [6.07, 6.45) is 7.00. The first-order chi connectivity index (χ1) is 8.69. The third kappa shape index (κ3) is 3.96. The van der Waals surface area contributed by atoms with E-state index in [0.717, 1.165) is 23.8 Å². The molecule has 0 aromatic heterocycles. The highest BCUT2D eigenvalue weighted by molar-refractivity contribution is 4.83. The van der Waals surface area contributed by atoms with Crippen LogP contribution in [-0.2, 0) is 0 Å². The summed E-state index contributed by atoms with van der Waals surface area (Å²) in [5, 5.41) is 3.72. The molecule has 2 rings (SSSR count). The van der Waals surface area contributed by atoms with Gasteiger partial charge in [-0.15, -0.1) is 0 Å². The Morgan fingerprint density at radius 1 is 1.17 bits per heavy atom. The molecule has 106 valence electrons. The first kappa shape index (κ1) is 14.3. The second-order valence-corrected chi connectivity index (χ2v) is 6.83. The van der Waals surface area contributed by atoms with Crippen molar-refractivity contribution >= 4 is 0 Å². The number of nitrogens with zero attached hydrogens (tertiary/aromatic N) is 1. The van der Waals surface area contributed by atoms with Gasteiger partial charge in [-0.05, 0) is 63.1 Å². The molecule has 0 aliphatic carbocycles. The molecule has 2 aliphatic rings. The number of hydrogen-bond donors (Lipinski definition) is 1. The fourth-order valence-electron chi connectivity index (χ4n) is 3.72. The quantitative estimate of drug-likeness (QED) is 0.827. The predicted molar refractivity (Wildman–Crippen MR) is 78.8 cm³/mol. The van der Waals surface area contributed by atoms with Gasteiger partial charge in [0.1, 0.15) is 0 Å². The summed E-state index contributed by atoms with van der Waals surface area (Å²) in [6, 6.07) is 0.763. The lowest BCUT2D eigenvalue weighted by atomic mass is 9.86. The van der Waals surface area contributed by atoms with Crippen LogP contribution in [0.15, 0.2) is 0 Å². The van der Waals surface area contributed by atoms with Gasteiger partial charge in [-0.3, -0.25) is 0 Å². The largest absolute Gasteiger partial charge is 0.313 e. The van der Waals surface area contributed by atoms with E-state index in [9.17, 15) is 0 Å². The number of piperidine rings is 2. The van der Waals surface area contributed by atoms with Crippen LogP contribution in [0.2, 0.25) is 0 Å². The van der Waals surface area contributed by atoms with E-state index in [1.807, 2.05) is 0 Å². The van der Waals surface area contributed by atoms with Gasteiger partial charge >= 0.3 is 0 Å². The van der Waals surface area contributed by atoms with Crippen molar-refractivity contribution in [2.24, 2.45) is 17.8 Å². The molecule has 2 unspecified atom stereocenters. The fraction of sp³-hybridized carbons (Fsp3) is 1.00. The highest BCUT2D eigenvalue weighted by atomic mass is 15.2.